The van der Waals surface area contributed by atoms with Gasteiger partial charge in [-0.15, -0.1) is 0 Å². The van der Waals surface area contributed by atoms with E-state index in [4.69, 9.17) is 5.11 Å². The zero-order valence-electron chi connectivity index (χ0n) is 6.99. The Kier molecular flexibility index (Phi) is 2.87. The van der Waals surface area contributed by atoms with Crippen LogP contribution in [0.5, 0.6) is 0 Å². The van der Waals surface area contributed by atoms with Gasteiger partial charge in [0.05, 0.1) is 0 Å². The Morgan fingerprint density at radius 2 is 1.92 bits per heavy atom. The topological polar surface area (TPSA) is 57.5 Å². The van der Waals surface area contributed by atoms with Crippen LogP contribution in [0, 0.1) is 0 Å². The van der Waals surface area contributed by atoms with Gasteiger partial charge in [-0.1, -0.05) is 12.2 Å². The molecule has 0 radical (unpaired) electrons. The molecule has 0 heterocycles. The molecule has 3 heteroatoms. The molecule has 0 saturated heterocycles. The molecule has 0 spiro atoms. The minimum atomic E-state index is -1.48. The summed E-state index contributed by atoms with van der Waals surface area (Å²) in [6.07, 6.45) is 6.96. The van der Waals surface area contributed by atoms with Crippen molar-refractivity contribution in [1.29, 1.82) is 0 Å². The maximum Gasteiger partial charge on any atom is 0.335 e. The molecule has 0 aromatic heterocycles. The van der Waals surface area contributed by atoms with Gasteiger partial charge in [0.15, 0.2) is 5.60 Å². The molecule has 3 nitrogen and oxygen atoms in total. The fourth-order valence-corrected chi connectivity index (χ4v) is 1.41. The Morgan fingerprint density at radius 3 is 2.58 bits per heavy atom. The summed E-state index contributed by atoms with van der Waals surface area (Å²) in [5.74, 6) is -1.09. The lowest BCUT2D eigenvalue weighted by atomic mass is 9.90. The molecule has 1 aliphatic rings. The normalized spacial score (nSPS) is 33.4. The fourth-order valence-electron chi connectivity index (χ4n) is 1.41. The zero-order valence-corrected chi connectivity index (χ0v) is 6.99. The van der Waals surface area contributed by atoms with Crippen molar-refractivity contribution in [3.8, 4) is 0 Å². The molecule has 68 valence electrons. The maximum atomic E-state index is 10.7. The molecule has 0 aromatic rings. The van der Waals surface area contributed by atoms with Gasteiger partial charge in [-0.2, -0.15) is 0 Å². The van der Waals surface area contributed by atoms with Gasteiger partial charge < -0.3 is 10.2 Å². The van der Waals surface area contributed by atoms with Crippen LogP contribution in [0.2, 0.25) is 0 Å². The minimum Gasteiger partial charge on any atom is -0.479 e. The molecule has 0 aromatic carbocycles. The summed E-state index contributed by atoms with van der Waals surface area (Å²) in [7, 11) is 0. The Labute approximate surface area is 71.7 Å². The molecule has 0 bridgehead atoms. The highest BCUT2D eigenvalue weighted by molar-refractivity contribution is 5.77. The molecule has 1 aliphatic carbocycles. The molecule has 0 saturated carbocycles. The third-order valence-electron chi connectivity index (χ3n) is 2.25. The second-order valence-corrected chi connectivity index (χ2v) is 3.24. The van der Waals surface area contributed by atoms with Gasteiger partial charge in [0.1, 0.15) is 0 Å². The van der Waals surface area contributed by atoms with Gasteiger partial charge in [-0.25, -0.2) is 4.79 Å². The van der Waals surface area contributed by atoms with Crippen LogP contribution in [0.15, 0.2) is 12.2 Å². The first-order valence-corrected chi connectivity index (χ1v) is 4.26. The third-order valence-corrected chi connectivity index (χ3v) is 2.25. The van der Waals surface area contributed by atoms with Crippen molar-refractivity contribution in [2.24, 2.45) is 0 Å². The van der Waals surface area contributed by atoms with E-state index in [2.05, 4.69) is 0 Å². The van der Waals surface area contributed by atoms with Crippen LogP contribution in [0.4, 0.5) is 0 Å². The number of aliphatic carboxylic acids is 1. The maximum absolute atomic E-state index is 10.7. The van der Waals surface area contributed by atoms with Crippen LogP contribution >= 0.6 is 0 Å². The van der Waals surface area contributed by atoms with Crippen LogP contribution in [0.25, 0.3) is 0 Å². The number of hydrogen-bond donors (Lipinski definition) is 2. The van der Waals surface area contributed by atoms with Gasteiger partial charge in [0, 0.05) is 0 Å². The molecule has 1 atom stereocenters. The molecule has 0 amide bonds. The van der Waals surface area contributed by atoms with E-state index in [1.54, 1.807) is 0 Å². The number of hydrogen-bond acceptors (Lipinski definition) is 2. The van der Waals surface area contributed by atoms with E-state index >= 15 is 0 Å². The lowest BCUT2D eigenvalue weighted by molar-refractivity contribution is -0.160. The van der Waals surface area contributed by atoms with Crippen molar-refractivity contribution in [1.82, 2.24) is 0 Å². The Morgan fingerprint density at radius 1 is 1.25 bits per heavy atom. The number of aliphatic hydroxyl groups is 1. The average Bonchev–Trinajstić information content (AvgIpc) is 1.97. The number of carboxylic acids is 1. The first kappa shape index (κ1) is 9.26. The lowest BCUT2D eigenvalue weighted by Crippen LogP contribution is -2.38. The van der Waals surface area contributed by atoms with Gasteiger partial charge in [-0.3, -0.25) is 0 Å². The van der Waals surface area contributed by atoms with Gasteiger partial charge in [0.25, 0.3) is 0 Å². The summed E-state index contributed by atoms with van der Waals surface area (Å²) in [6.45, 7) is 0. The zero-order chi connectivity index (χ0) is 9.03. The van der Waals surface area contributed by atoms with Crippen LogP contribution in [-0.4, -0.2) is 21.8 Å². The van der Waals surface area contributed by atoms with Crippen LogP contribution in [0.1, 0.15) is 32.1 Å². The summed E-state index contributed by atoms with van der Waals surface area (Å²) < 4.78 is 0. The van der Waals surface area contributed by atoms with Crippen molar-refractivity contribution < 1.29 is 15.0 Å². The molecule has 0 aliphatic heterocycles. The van der Waals surface area contributed by atoms with E-state index in [0.29, 0.717) is 19.3 Å². The van der Waals surface area contributed by atoms with Gasteiger partial charge in [-0.05, 0) is 32.1 Å². The summed E-state index contributed by atoms with van der Waals surface area (Å²) in [4.78, 5) is 10.7. The van der Waals surface area contributed by atoms with E-state index in [0.717, 1.165) is 12.8 Å². The van der Waals surface area contributed by atoms with Crippen molar-refractivity contribution in [3.05, 3.63) is 12.2 Å². The number of carbonyl (C=O) groups is 1. The van der Waals surface area contributed by atoms with Crippen LogP contribution < -0.4 is 0 Å². The van der Waals surface area contributed by atoms with Gasteiger partial charge >= 0.3 is 5.97 Å². The first-order chi connectivity index (χ1) is 5.65. The molecule has 12 heavy (non-hydrogen) atoms. The number of allylic oxidation sites excluding steroid dienone is 2. The number of carboxylic acid groups (broad SMARTS) is 1. The summed E-state index contributed by atoms with van der Waals surface area (Å²) in [5, 5.41) is 18.4. The van der Waals surface area contributed by atoms with E-state index < -0.39 is 11.6 Å². The first-order valence-electron chi connectivity index (χ1n) is 4.26. The largest absolute Gasteiger partial charge is 0.479 e. The highest BCUT2D eigenvalue weighted by Crippen LogP contribution is 2.23. The molecular weight excluding hydrogens is 156 g/mol. The van der Waals surface area contributed by atoms with E-state index in [9.17, 15) is 9.90 Å². The predicted octanol–water partition coefficient (Wildman–Crippen LogP) is 1.32. The van der Waals surface area contributed by atoms with E-state index in [-0.39, 0.29) is 0 Å². The van der Waals surface area contributed by atoms with Crippen molar-refractivity contribution in [2.75, 3.05) is 0 Å². The van der Waals surface area contributed by atoms with E-state index in [1.165, 1.54) is 0 Å². The molecule has 2 N–H and O–H groups in total. The lowest BCUT2D eigenvalue weighted by Gasteiger charge is -2.23. The minimum absolute atomic E-state index is 0.332. The third kappa shape index (κ3) is 2.08. The average molecular weight is 170 g/mol. The predicted molar refractivity (Wildman–Crippen MR) is 44.8 cm³/mol. The molecule has 1 unspecified atom stereocenters. The number of rotatable bonds is 1. The second-order valence-electron chi connectivity index (χ2n) is 3.24. The summed E-state index contributed by atoms with van der Waals surface area (Å²) in [5.41, 5.74) is -1.48. The van der Waals surface area contributed by atoms with Crippen LogP contribution in [-0.2, 0) is 4.79 Å². The monoisotopic (exact) mass is 170 g/mol. The smallest absolute Gasteiger partial charge is 0.335 e. The Hall–Kier alpha value is -0.830. The van der Waals surface area contributed by atoms with Crippen molar-refractivity contribution in [2.45, 2.75) is 37.7 Å². The quantitative estimate of drug-likeness (QED) is 0.583. The SMILES string of the molecule is O=C(O)C1(O)CC/C=C\CCC1. The highest BCUT2D eigenvalue weighted by atomic mass is 16.4. The van der Waals surface area contributed by atoms with E-state index in [1.807, 2.05) is 12.2 Å². The second kappa shape index (κ2) is 3.72. The molecular formula is C9H14O3. The van der Waals surface area contributed by atoms with Crippen LogP contribution in [0.3, 0.4) is 0 Å². The molecule has 1 rings (SSSR count). The Bertz CT molecular complexity index is 198. The standard InChI is InChI=1S/C9H14O3/c10-8(11)9(12)6-4-2-1-3-5-7-9/h1-2,12H,3-7H2,(H,10,11)/b2-1-. The van der Waals surface area contributed by atoms with Gasteiger partial charge in [0.2, 0.25) is 0 Å². The fraction of sp³-hybridized carbons (Fsp3) is 0.667. The summed E-state index contributed by atoms with van der Waals surface area (Å²) in [6, 6.07) is 0. The Balaban J connectivity index is 2.63. The summed E-state index contributed by atoms with van der Waals surface area (Å²) >= 11 is 0. The van der Waals surface area contributed by atoms with Crippen molar-refractivity contribution in [3.63, 3.8) is 0 Å². The highest BCUT2D eigenvalue weighted by Gasteiger charge is 2.34. The molecule has 0 fully saturated rings. The van der Waals surface area contributed by atoms with Crippen molar-refractivity contribution >= 4 is 5.97 Å².